The normalized spacial score (nSPS) is 25.3. The van der Waals surface area contributed by atoms with Gasteiger partial charge in [-0.25, -0.2) is 0 Å². The predicted molar refractivity (Wildman–Crippen MR) is 63.5 cm³/mol. The standard InChI is InChI=1S/C11H10N4/c1-2-11-10-14-6-5-12-3-4-13-7-9-15(11)8-1/h1-10H/b6-5-,9-7-,12-3-,13-4+,14-10-. The van der Waals surface area contributed by atoms with Gasteiger partial charge in [0.15, 0.2) is 0 Å². The molecule has 4 heteroatoms. The summed E-state index contributed by atoms with van der Waals surface area (Å²) in [5.74, 6) is 0. The largest absolute Gasteiger partial charge is 0.321 e. The second-order valence-electron chi connectivity index (χ2n) is 2.81. The average molecular weight is 198 g/mol. The van der Waals surface area contributed by atoms with Crippen molar-refractivity contribution < 1.29 is 0 Å². The van der Waals surface area contributed by atoms with Crippen LogP contribution < -0.4 is 0 Å². The lowest BCUT2D eigenvalue weighted by molar-refractivity contribution is 1.15. The molecule has 0 atom stereocenters. The Morgan fingerprint density at radius 3 is 2.67 bits per heavy atom. The van der Waals surface area contributed by atoms with Crippen LogP contribution in [0, 0.1) is 0 Å². The molecular weight excluding hydrogens is 188 g/mol. The average Bonchev–Trinajstić information content (AvgIpc) is 2.65. The van der Waals surface area contributed by atoms with Crippen molar-refractivity contribution in [2.24, 2.45) is 15.0 Å². The molecule has 0 unspecified atom stereocenters. The topological polar surface area (TPSA) is 42.0 Å². The second kappa shape index (κ2) is 4.85. The fraction of sp³-hybridized carbons (Fsp3) is 0. The lowest BCUT2D eigenvalue weighted by Gasteiger charge is -1.95. The SMILES string of the molecule is C1=C\N=C/c2cccn2/C=C\N=C\C=N/1. The van der Waals surface area contributed by atoms with Crippen molar-refractivity contribution in [3.63, 3.8) is 0 Å². The first-order valence-electron chi connectivity index (χ1n) is 4.53. The maximum absolute atomic E-state index is 4.10. The number of fused-ring (bicyclic) bond motifs is 1. The van der Waals surface area contributed by atoms with E-state index < -0.39 is 0 Å². The van der Waals surface area contributed by atoms with Crippen LogP contribution in [0.4, 0.5) is 0 Å². The Balaban J connectivity index is 2.34. The summed E-state index contributed by atoms with van der Waals surface area (Å²) >= 11 is 0. The first kappa shape index (κ1) is 9.33. The Kier molecular flexibility index (Phi) is 3.02. The summed E-state index contributed by atoms with van der Waals surface area (Å²) in [5, 5.41) is 0. The highest BCUT2D eigenvalue weighted by molar-refractivity contribution is 6.16. The quantitative estimate of drug-likeness (QED) is 0.611. The molecular formula is C11H10N4. The fourth-order valence-corrected chi connectivity index (χ4v) is 1.13. The number of hydrogen-bond acceptors (Lipinski definition) is 3. The molecule has 0 N–H and O–H groups in total. The molecule has 4 nitrogen and oxygen atoms in total. The summed E-state index contributed by atoms with van der Waals surface area (Å²) in [4.78, 5) is 12.1. The van der Waals surface area contributed by atoms with E-state index in [0.29, 0.717) is 0 Å². The fourth-order valence-electron chi connectivity index (χ4n) is 1.13. The Morgan fingerprint density at radius 2 is 1.73 bits per heavy atom. The molecule has 74 valence electrons. The summed E-state index contributed by atoms with van der Waals surface area (Å²) in [6.07, 6.45) is 13.7. The Bertz CT molecular complexity index is 420. The highest BCUT2D eigenvalue weighted by Crippen LogP contribution is 2.00. The van der Waals surface area contributed by atoms with Gasteiger partial charge >= 0.3 is 0 Å². The molecule has 0 saturated carbocycles. The zero-order valence-electron chi connectivity index (χ0n) is 8.06. The summed E-state index contributed by atoms with van der Waals surface area (Å²) in [5.41, 5.74) is 0.996. The van der Waals surface area contributed by atoms with Gasteiger partial charge in [0, 0.05) is 43.4 Å². The number of hydrogen-bond donors (Lipinski definition) is 0. The van der Waals surface area contributed by atoms with Crippen LogP contribution in [0.5, 0.6) is 0 Å². The van der Waals surface area contributed by atoms with Crippen LogP contribution in [0.1, 0.15) is 5.69 Å². The molecule has 0 amide bonds. The third-order valence-corrected chi connectivity index (χ3v) is 1.81. The minimum atomic E-state index is 0.996. The summed E-state index contributed by atoms with van der Waals surface area (Å²) < 4.78 is 1.94. The van der Waals surface area contributed by atoms with Gasteiger partial charge in [0.2, 0.25) is 0 Å². The first-order valence-corrected chi connectivity index (χ1v) is 4.53. The van der Waals surface area contributed by atoms with Gasteiger partial charge in [-0.2, -0.15) is 0 Å². The summed E-state index contributed by atoms with van der Waals surface area (Å²) in [6, 6.07) is 3.93. The lowest BCUT2D eigenvalue weighted by atomic mass is 10.4. The highest BCUT2D eigenvalue weighted by Gasteiger charge is 1.92. The smallest absolute Gasteiger partial charge is 0.0634 e. The van der Waals surface area contributed by atoms with E-state index in [1.807, 2.05) is 29.1 Å². The Morgan fingerprint density at radius 1 is 0.933 bits per heavy atom. The van der Waals surface area contributed by atoms with Crippen molar-refractivity contribution in [2.75, 3.05) is 0 Å². The van der Waals surface area contributed by atoms with Crippen molar-refractivity contribution in [1.82, 2.24) is 4.57 Å². The molecule has 0 aromatic carbocycles. The molecule has 1 aromatic heterocycles. The number of aromatic nitrogens is 1. The number of aliphatic imine (C=N–C) groups is 3. The van der Waals surface area contributed by atoms with Gasteiger partial charge in [-0.15, -0.1) is 0 Å². The van der Waals surface area contributed by atoms with Crippen molar-refractivity contribution in [3.8, 4) is 0 Å². The zero-order chi connectivity index (χ0) is 10.3. The van der Waals surface area contributed by atoms with Gasteiger partial charge in [-0.3, -0.25) is 15.0 Å². The molecule has 2 rings (SSSR count). The van der Waals surface area contributed by atoms with E-state index in [0.717, 1.165) is 5.69 Å². The molecule has 15 heavy (non-hydrogen) atoms. The van der Waals surface area contributed by atoms with Crippen LogP contribution in [-0.2, 0) is 0 Å². The Labute approximate surface area is 87.7 Å². The first-order chi connectivity index (χ1) is 7.47. The van der Waals surface area contributed by atoms with Crippen molar-refractivity contribution in [1.29, 1.82) is 0 Å². The van der Waals surface area contributed by atoms with Gasteiger partial charge in [-0.1, -0.05) is 0 Å². The van der Waals surface area contributed by atoms with Gasteiger partial charge in [-0.05, 0) is 12.1 Å². The van der Waals surface area contributed by atoms with E-state index in [2.05, 4.69) is 15.0 Å². The Hall–Kier alpha value is -2.23. The van der Waals surface area contributed by atoms with E-state index >= 15 is 0 Å². The number of rotatable bonds is 0. The van der Waals surface area contributed by atoms with E-state index in [1.54, 1.807) is 37.2 Å². The predicted octanol–water partition coefficient (Wildman–Crippen LogP) is 1.96. The van der Waals surface area contributed by atoms with Gasteiger partial charge in [0.1, 0.15) is 0 Å². The number of nitrogens with zero attached hydrogens (tertiary/aromatic N) is 4. The van der Waals surface area contributed by atoms with Crippen molar-refractivity contribution in [3.05, 3.63) is 42.6 Å². The molecule has 1 aliphatic heterocycles. The van der Waals surface area contributed by atoms with Crippen LogP contribution in [0.3, 0.4) is 0 Å². The summed E-state index contributed by atoms with van der Waals surface area (Å²) in [6.45, 7) is 0. The van der Waals surface area contributed by atoms with Gasteiger partial charge in [0.25, 0.3) is 0 Å². The minimum absolute atomic E-state index is 0.996. The van der Waals surface area contributed by atoms with Crippen LogP contribution in [0.25, 0.3) is 6.20 Å². The molecule has 0 fully saturated rings. The maximum atomic E-state index is 4.10. The summed E-state index contributed by atoms with van der Waals surface area (Å²) in [7, 11) is 0. The molecule has 0 bridgehead atoms. The molecule has 1 aliphatic rings. The molecule has 0 saturated heterocycles. The van der Waals surface area contributed by atoms with Crippen LogP contribution in [0.2, 0.25) is 0 Å². The molecule has 0 radical (unpaired) electrons. The molecule has 0 aliphatic carbocycles. The van der Waals surface area contributed by atoms with Gasteiger partial charge in [0.05, 0.1) is 11.9 Å². The molecule has 1 aromatic rings. The van der Waals surface area contributed by atoms with Crippen molar-refractivity contribution in [2.45, 2.75) is 0 Å². The van der Waals surface area contributed by atoms with Crippen LogP contribution in [-0.4, -0.2) is 23.2 Å². The van der Waals surface area contributed by atoms with E-state index in [4.69, 9.17) is 0 Å². The van der Waals surface area contributed by atoms with Crippen LogP contribution >= 0.6 is 0 Å². The maximum Gasteiger partial charge on any atom is 0.0634 e. The van der Waals surface area contributed by atoms with E-state index in [-0.39, 0.29) is 0 Å². The molecule has 2 heterocycles. The zero-order valence-corrected chi connectivity index (χ0v) is 8.06. The monoisotopic (exact) mass is 198 g/mol. The second-order valence-corrected chi connectivity index (χ2v) is 2.81. The van der Waals surface area contributed by atoms with E-state index in [9.17, 15) is 0 Å². The third-order valence-electron chi connectivity index (χ3n) is 1.81. The molecule has 0 spiro atoms. The van der Waals surface area contributed by atoms with E-state index in [1.165, 1.54) is 0 Å². The third kappa shape index (κ3) is 2.60. The van der Waals surface area contributed by atoms with Crippen LogP contribution in [0.15, 0.2) is 51.9 Å². The van der Waals surface area contributed by atoms with Crippen molar-refractivity contribution >= 4 is 24.8 Å². The van der Waals surface area contributed by atoms with Gasteiger partial charge < -0.3 is 4.57 Å². The minimum Gasteiger partial charge on any atom is -0.321 e. The highest BCUT2D eigenvalue weighted by atomic mass is 15.0. The lowest BCUT2D eigenvalue weighted by Crippen LogP contribution is -1.91.